The van der Waals surface area contributed by atoms with Crippen molar-refractivity contribution in [3.8, 4) is 11.5 Å². The predicted molar refractivity (Wildman–Crippen MR) is 85.3 cm³/mol. The highest BCUT2D eigenvalue weighted by Crippen LogP contribution is 2.34. The van der Waals surface area contributed by atoms with Crippen LogP contribution in [0.3, 0.4) is 0 Å². The third kappa shape index (κ3) is 2.99. The molecule has 1 aromatic heterocycles. The molecule has 1 aromatic carbocycles. The number of hydrogen-bond donors (Lipinski definition) is 2. The second-order valence-corrected chi connectivity index (χ2v) is 6.50. The van der Waals surface area contributed by atoms with Crippen LogP contribution in [0.4, 0.5) is 5.69 Å². The van der Waals surface area contributed by atoms with E-state index in [0.29, 0.717) is 28.1 Å². The average Bonchev–Trinajstić information content (AvgIpc) is 3.24. The monoisotopic (exact) mass is 332 g/mol. The minimum Gasteiger partial charge on any atom is -0.454 e. The molecule has 3 heterocycles. The van der Waals surface area contributed by atoms with Gasteiger partial charge in [0.15, 0.2) is 11.5 Å². The lowest BCUT2D eigenvalue weighted by Gasteiger charge is -2.19. The Morgan fingerprint density at radius 3 is 2.91 bits per heavy atom. The number of rotatable bonds is 3. The molecular formula is C15H16N4O3S. The molecular weight excluding hydrogens is 316 g/mol. The summed E-state index contributed by atoms with van der Waals surface area (Å²) in [6, 6.07) is 5.30. The quantitative estimate of drug-likeness (QED) is 0.894. The molecule has 0 unspecified atom stereocenters. The normalized spacial score (nSPS) is 17.2. The Balaban J connectivity index is 1.45. The zero-order valence-corrected chi connectivity index (χ0v) is 13.2. The van der Waals surface area contributed by atoms with E-state index in [-0.39, 0.29) is 12.7 Å². The Morgan fingerprint density at radius 1 is 1.22 bits per heavy atom. The van der Waals surface area contributed by atoms with Gasteiger partial charge >= 0.3 is 0 Å². The summed E-state index contributed by atoms with van der Waals surface area (Å²) in [6.45, 7) is 2.19. The van der Waals surface area contributed by atoms with Gasteiger partial charge in [-0.25, -0.2) is 0 Å². The Kier molecular flexibility index (Phi) is 3.84. The van der Waals surface area contributed by atoms with E-state index in [1.54, 1.807) is 18.2 Å². The van der Waals surface area contributed by atoms with Crippen molar-refractivity contribution in [2.45, 2.75) is 18.8 Å². The number of piperidine rings is 1. The van der Waals surface area contributed by atoms with Crippen molar-refractivity contribution >= 4 is 22.9 Å². The highest BCUT2D eigenvalue weighted by atomic mass is 32.1. The lowest BCUT2D eigenvalue weighted by Crippen LogP contribution is -2.26. The Labute approximate surface area is 137 Å². The van der Waals surface area contributed by atoms with Crippen molar-refractivity contribution < 1.29 is 14.3 Å². The van der Waals surface area contributed by atoms with E-state index in [1.807, 2.05) is 0 Å². The molecule has 0 saturated carbocycles. The first-order chi connectivity index (χ1) is 11.3. The zero-order chi connectivity index (χ0) is 15.6. The highest BCUT2D eigenvalue weighted by molar-refractivity contribution is 7.13. The van der Waals surface area contributed by atoms with Gasteiger partial charge < -0.3 is 20.1 Å². The van der Waals surface area contributed by atoms with Crippen LogP contribution >= 0.6 is 11.3 Å². The fourth-order valence-corrected chi connectivity index (χ4v) is 3.63. The van der Waals surface area contributed by atoms with E-state index in [2.05, 4.69) is 20.8 Å². The number of nitrogens with one attached hydrogen (secondary N) is 2. The summed E-state index contributed by atoms with van der Waals surface area (Å²) in [7, 11) is 0. The number of aromatic nitrogens is 2. The Bertz CT molecular complexity index is 727. The van der Waals surface area contributed by atoms with Crippen LogP contribution in [-0.4, -0.2) is 36.0 Å². The first-order valence-corrected chi connectivity index (χ1v) is 8.36. The summed E-state index contributed by atoms with van der Waals surface area (Å²) < 4.78 is 10.6. The van der Waals surface area contributed by atoms with Gasteiger partial charge in [0.25, 0.3) is 5.91 Å². The van der Waals surface area contributed by atoms with Crippen LogP contribution in [0.15, 0.2) is 18.2 Å². The molecule has 4 rings (SSSR count). The van der Waals surface area contributed by atoms with Crippen molar-refractivity contribution in [3.63, 3.8) is 0 Å². The lowest BCUT2D eigenvalue weighted by molar-refractivity contribution is 0.102. The molecule has 7 nitrogen and oxygen atoms in total. The topological polar surface area (TPSA) is 85.4 Å². The number of hydrogen-bond acceptors (Lipinski definition) is 7. The van der Waals surface area contributed by atoms with Crippen molar-refractivity contribution in [1.29, 1.82) is 0 Å². The van der Waals surface area contributed by atoms with Gasteiger partial charge in [0, 0.05) is 17.7 Å². The molecule has 2 aromatic rings. The zero-order valence-electron chi connectivity index (χ0n) is 12.4. The molecule has 1 amide bonds. The smallest absolute Gasteiger partial charge is 0.286 e. The molecule has 23 heavy (non-hydrogen) atoms. The molecule has 0 radical (unpaired) electrons. The SMILES string of the molecule is O=C(Nc1ccc2c(c1)OCO2)c1nnc(C2CCNCC2)s1. The van der Waals surface area contributed by atoms with E-state index < -0.39 is 0 Å². The third-order valence-corrected chi connectivity index (χ3v) is 5.04. The van der Waals surface area contributed by atoms with Crippen LogP contribution in [0.2, 0.25) is 0 Å². The maximum Gasteiger partial charge on any atom is 0.286 e. The molecule has 1 fully saturated rings. The number of nitrogens with zero attached hydrogens (tertiary/aromatic N) is 2. The highest BCUT2D eigenvalue weighted by Gasteiger charge is 2.22. The average molecular weight is 332 g/mol. The summed E-state index contributed by atoms with van der Waals surface area (Å²) in [5.41, 5.74) is 0.651. The van der Waals surface area contributed by atoms with Crippen molar-refractivity contribution in [2.24, 2.45) is 0 Å². The van der Waals surface area contributed by atoms with Gasteiger partial charge in [-0.15, -0.1) is 10.2 Å². The lowest BCUT2D eigenvalue weighted by atomic mass is 9.99. The molecule has 120 valence electrons. The van der Waals surface area contributed by atoms with Crippen LogP contribution < -0.4 is 20.1 Å². The Hall–Kier alpha value is -2.19. The van der Waals surface area contributed by atoms with Crippen LogP contribution in [0.5, 0.6) is 11.5 Å². The summed E-state index contributed by atoms with van der Waals surface area (Å²) in [4.78, 5) is 12.3. The van der Waals surface area contributed by atoms with Gasteiger partial charge in [0.05, 0.1) is 0 Å². The fourth-order valence-electron chi connectivity index (χ4n) is 2.72. The molecule has 0 bridgehead atoms. The van der Waals surface area contributed by atoms with Crippen LogP contribution in [-0.2, 0) is 0 Å². The van der Waals surface area contributed by atoms with E-state index in [9.17, 15) is 4.79 Å². The van der Waals surface area contributed by atoms with Crippen LogP contribution in [0.25, 0.3) is 0 Å². The van der Waals surface area contributed by atoms with E-state index in [4.69, 9.17) is 9.47 Å². The molecule has 0 atom stereocenters. The van der Waals surface area contributed by atoms with Gasteiger partial charge in [0.2, 0.25) is 11.8 Å². The molecule has 8 heteroatoms. The number of amides is 1. The number of benzene rings is 1. The summed E-state index contributed by atoms with van der Waals surface area (Å²) >= 11 is 1.37. The fraction of sp³-hybridized carbons (Fsp3) is 0.400. The maximum atomic E-state index is 12.3. The van der Waals surface area contributed by atoms with Gasteiger partial charge in [-0.1, -0.05) is 11.3 Å². The molecule has 0 spiro atoms. The van der Waals surface area contributed by atoms with Crippen molar-refractivity contribution in [1.82, 2.24) is 15.5 Å². The van der Waals surface area contributed by atoms with Gasteiger partial charge in [-0.3, -0.25) is 4.79 Å². The number of anilines is 1. The first kappa shape index (κ1) is 14.4. The largest absolute Gasteiger partial charge is 0.454 e. The van der Waals surface area contributed by atoms with E-state index in [1.165, 1.54) is 11.3 Å². The van der Waals surface area contributed by atoms with Crippen LogP contribution in [0, 0.1) is 0 Å². The Morgan fingerprint density at radius 2 is 2.04 bits per heavy atom. The van der Waals surface area contributed by atoms with Gasteiger partial charge in [-0.2, -0.15) is 0 Å². The minimum absolute atomic E-state index is 0.211. The molecule has 0 aliphatic carbocycles. The number of ether oxygens (including phenoxy) is 2. The van der Waals surface area contributed by atoms with Gasteiger partial charge in [-0.05, 0) is 38.1 Å². The summed E-state index contributed by atoms with van der Waals surface area (Å²) in [6.07, 6.45) is 2.08. The summed E-state index contributed by atoms with van der Waals surface area (Å²) in [5.74, 6) is 1.48. The number of carbonyl (C=O) groups is 1. The van der Waals surface area contributed by atoms with Crippen molar-refractivity contribution in [2.75, 3.05) is 25.2 Å². The van der Waals surface area contributed by atoms with Crippen LogP contribution in [0.1, 0.15) is 33.6 Å². The van der Waals surface area contributed by atoms with Gasteiger partial charge in [0.1, 0.15) is 5.01 Å². The second-order valence-electron chi connectivity index (χ2n) is 5.49. The first-order valence-electron chi connectivity index (χ1n) is 7.55. The van der Waals surface area contributed by atoms with E-state index >= 15 is 0 Å². The van der Waals surface area contributed by atoms with Crippen molar-refractivity contribution in [3.05, 3.63) is 28.2 Å². The summed E-state index contributed by atoms with van der Waals surface area (Å²) in [5, 5.41) is 15.7. The molecule has 1 saturated heterocycles. The third-order valence-electron chi connectivity index (χ3n) is 3.95. The maximum absolute atomic E-state index is 12.3. The molecule has 2 N–H and O–H groups in total. The second kappa shape index (κ2) is 6.13. The number of carbonyl (C=O) groups excluding carboxylic acids is 1. The molecule has 2 aliphatic heterocycles. The minimum atomic E-state index is -0.249. The standard InChI is InChI=1S/C15H16N4O3S/c20-13(17-10-1-2-11-12(7-10)22-8-21-11)15-19-18-14(23-15)9-3-5-16-6-4-9/h1-2,7,9,16H,3-6,8H2,(H,17,20). The molecule has 2 aliphatic rings. The predicted octanol–water partition coefficient (Wildman–Crippen LogP) is 1.99. The number of fused-ring (bicyclic) bond motifs is 1. The van der Waals surface area contributed by atoms with E-state index in [0.717, 1.165) is 30.9 Å².